The molecule has 3 amide bonds. The second-order valence-corrected chi connectivity index (χ2v) is 33.7. The number of carbonyl (C=O) groups is 3. The van der Waals surface area contributed by atoms with E-state index in [-0.39, 0.29) is 59.9 Å². The van der Waals surface area contributed by atoms with Crippen LogP contribution in [-0.4, -0.2) is 143 Å². The van der Waals surface area contributed by atoms with Gasteiger partial charge in [-0.2, -0.15) is 0 Å². The molecule has 650 valence electrons. The van der Waals surface area contributed by atoms with Crippen LogP contribution in [0.25, 0.3) is 76.8 Å². The molecular formula is C102H99F4N11O9S. The van der Waals surface area contributed by atoms with Crippen LogP contribution in [-0.2, 0) is 0 Å². The van der Waals surface area contributed by atoms with Gasteiger partial charge in [0.15, 0.2) is 23.3 Å². The molecule has 13 aromatic rings. The Morgan fingerprint density at radius 3 is 1.05 bits per heavy atom. The third-order valence-corrected chi connectivity index (χ3v) is 24.2. The van der Waals surface area contributed by atoms with Crippen LogP contribution in [0.5, 0.6) is 34.8 Å². The van der Waals surface area contributed by atoms with Gasteiger partial charge in [-0.3, -0.25) is 14.4 Å². The molecule has 0 radical (unpaired) electrons. The molecule has 9 N–H and O–H groups in total. The van der Waals surface area contributed by atoms with Crippen molar-refractivity contribution in [1.82, 2.24) is 41.9 Å². The molecule has 25 heteroatoms. The van der Waals surface area contributed by atoms with Crippen molar-refractivity contribution in [1.29, 1.82) is 0 Å². The predicted octanol–water partition coefficient (Wildman–Crippen LogP) is 18.7. The van der Waals surface area contributed by atoms with Crippen LogP contribution in [0.1, 0.15) is 86.3 Å². The summed E-state index contributed by atoms with van der Waals surface area (Å²) < 4.78 is 94.6. The van der Waals surface area contributed by atoms with E-state index in [1.165, 1.54) is 34.0 Å². The number of rotatable bonds is 24. The summed E-state index contributed by atoms with van der Waals surface area (Å²) in [4.78, 5) is 49.6. The maximum atomic E-state index is 14.2. The molecule has 0 bridgehead atoms. The highest BCUT2D eigenvalue weighted by Gasteiger charge is 2.29. The maximum absolute atomic E-state index is 14.2. The van der Waals surface area contributed by atoms with E-state index in [0.717, 1.165) is 207 Å². The Morgan fingerprint density at radius 2 is 0.638 bits per heavy atom. The van der Waals surface area contributed by atoms with Gasteiger partial charge in [-0.15, -0.1) is 11.3 Å². The van der Waals surface area contributed by atoms with Crippen molar-refractivity contribution in [2.75, 3.05) is 94.5 Å². The Kier molecular flexibility index (Phi) is 27.3. The van der Waals surface area contributed by atoms with Gasteiger partial charge in [-0.25, -0.2) is 27.5 Å². The van der Waals surface area contributed by atoms with Crippen molar-refractivity contribution in [2.24, 2.45) is 0 Å². The first-order valence-electron chi connectivity index (χ1n) is 43.3. The zero-order valence-electron chi connectivity index (χ0n) is 70.7. The van der Waals surface area contributed by atoms with Gasteiger partial charge in [-0.05, 0) is 264 Å². The van der Waals surface area contributed by atoms with Gasteiger partial charge < -0.3 is 76.3 Å². The summed E-state index contributed by atoms with van der Waals surface area (Å²) in [5.41, 5.74) is 15.6. The van der Waals surface area contributed by atoms with Crippen LogP contribution < -0.4 is 76.3 Å². The summed E-state index contributed by atoms with van der Waals surface area (Å²) in [6.45, 7) is 16.1. The summed E-state index contributed by atoms with van der Waals surface area (Å²) in [5, 5.41) is 32.2. The molecule has 0 unspecified atom stereocenters. The van der Waals surface area contributed by atoms with Crippen molar-refractivity contribution >= 4 is 56.2 Å². The number of ether oxygens (including phenoxy) is 6. The van der Waals surface area contributed by atoms with Crippen LogP contribution in [0, 0.1) is 44.0 Å². The molecule has 10 aromatic carbocycles. The molecule has 3 aromatic heterocycles. The third kappa shape index (κ3) is 21.6. The molecule has 6 saturated heterocycles. The molecule has 20 nitrogen and oxygen atoms in total. The van der Waals surface area contributed by atoms with Gasteiger partial charge in [0.1, 0.15) is 59.6 Å². The highest BCUT2D eigenvalue weighted by Crippen LogP contribution is 2.42. The summed E-state index contributed by atoms with van der Waals surface area (Å²) in [6.07, 6.45) is 8.58. The molecule has 9 heterocycles. The number of fused-ring (bicyclic) bond motifs is 1. The van der Waals surface area contributed by atoms with E-state index in [0.29, 0.717) is 69.5 Å². The lowest BCUT2D eigenvalue weighted by Crippen LogP contribution is -2.21. The minimum atomic E-state index is -0.991. The van der Waals surface area contributed by atoms with E-state index in [2.05, 4.69) is 119 Å². The number of amides is 3. The molecule has 0 spiro atoms. The molecule has 6 aliphatic rings. The van der Waals surface area contributed by atoms with E-state index >= 15 is 0 Å². The number of nitrogens with zero attached hydrogens (tertiary/aromatic N) is 2. The maximum Gasteiger partial charge on any atom is 0.257 e. The van der Waals surface area contributed by atoms with Gasteiger partial charge >= 0.3 is 0 Å². The third-order valence-electron chi connectivity index (χ3n) is 23.3. The summed E-state index contributed by atoms with van der Waals surface area (Å²) in [7, 11) is 0. The lowest BCUT2D eigenvalue weighted by molar-refractivity contribution is 0.101. The van der Waals surface area contributed by atoms with Crippen molar-refractivity contribution in [3.05, 3.63) is 293 Å². The molecule has 0 aliphatic carbocycles. The van der Waals surface area contributed by atoms with E-state index in [4.69, 9.17) is 28.4 Å². The monoisotopic (exact) mass is 1730 g/mol. The summed E-state index contributed by atoms with van der Waals surface area (Å²) in [5.74, 6) is -1.17. The average molecular weight is 1730 g/mol. The quantitative estimate of drug-likeness (QED) is 0.0256. The number of thiophene rings is 1. The predicted molar refractivity (Wildman–Crippen MR) is 492 cm³/mol. The Bertz CT molecular complexity index is 5850. The normalized spacial score (nSPS) is 18.2. The first-order chi connectivity index (χ1) is 61.9. The highest BCUT2D eigenvalue weighted by atomic mass is 32.1. The number of nitrogens with one attached hydrogen (secondary N) is 9. The van der Waals surface area contributed by atoms with Gasteiger partial charge in [0.2, 0.25) is 11.8 Å². The smallest absolute Gasteiger partial charge is 0.257 e. The number of carbonyl (C=O) groups excluding carboxylic acids is 3. The Balaban J connectivity index is 0.000000134. The first kappa shape index (κ1) is 86.3. The highest BCUT2D eigenvalue weighted by molar-refractivity contribution is 7.17. The Hall–Kier alpha value is -12.9. The number of hydrogen-bond donors (Lipinski definition) is 9. The van der Waals surface area contributed by atoms with Crippen LogP contribution in [0.2, 0.25) is 0 Å². The minimum Gasteiger partial charge on any atom is -0.488 e. The van der Waals surface area contributed by atoms with Gasteiger partial charge in [0.25, 0.3) is 17.7 Å². The van der Waals surface area contributed by atoms with Crippen molar-refractivity contribution in [3.63, 3.8) is 0 Å². The fourth-order valence-electron chi connectivity index (χ4n) is 16.2. The minimum absolute atomic E-state index is 0.0256. The van der Waals surface area contributed by atoms with Crippen LogP contribution in [0.3, 0.4) is 0 Å². The number of benzene rings is 10. The van der Waals surface area contributed by atoms with Crippen molar-refractivity contribution in [2.45, 2.75) is 95.9 Å². The molecule has 6 fully saturated rings. The van der Waals surface area contributed by atoms with Gasteiger partial charge in [0, 0.05) is 106 Å². The molecule has 0 saturated carbocycles. The number of aromatic nitrogens is 2. The van der Waals surface area contributed by atoms with Gasteiger partial charge in [-0.1, -0.05) is 114 Å². The van der Waals surface area contributed by atoms with Crippen LogP contribution in [0.15, 0.2) is 236 Å². The van der Waals surface area contributed by atoms with E-state index < -0.39 is 29.2 Å². The molecular weight excluding hydrogens is 1630 g/mol. The number of pyridine rings is 2. The number of halogens is 4. The van der Waals surface area contributed by atoms with E-state index in [9.17, 15) is 31.9 Å². The topological polar surface area (TPSA) is 241 Å². The zero-order valence-corrected chi connectivity index (χ0v) is 71.5. The first-order valence-corrected chi connectivity index (χ1v) is 44.2. The fraction of sp³-hybridized carbons (Fsp3) is 0.265. The summed E-state index contributed by atoms with van der Waals surface area (Å²) in [6, 6.07) is 66.1. The average Bonchev–Trinajstić information content (AvgIpc) is 1.41. The SMILES string of the molecule is Cc1ccc(-c2cc(NC(=O)c3ccc(O[C@H]4CCNC4)c(-c4ccc(F)c(F)c4)c3)cnc2O[C@H]2CCNC2)cc1.Cc1ccc(-c2cc(NC(=O)c3ccc(O[C@H]4CCNC4)c(-c4ccc5ccsc5c4)c3)ccc2O[C@H]2CCNC2)cc1.Cc1ccc(-c2cc(NC(=O)c3cnc(O[C@H]4CCNC4)c(-c4ccc(F)c(F)c4)c3)ccc2O[C@H]2CCNC2)cc1. The molecule has 6 atom stereocenters. The second kappa shape index (κ2) is 40.2. The summed E-state index contributed by atoms with van der Waals surface area (Å²) >= 11 is 1.71. The largest absolute Gasteiger partial charge is 0.488 e. The van der Waals surface area contributed by atoms with Crippen LogP contribution in [0.4, 0.5) is 34.6 Å². The van der Waals surface area contributed by atoms with E-state index in [1.807, 2.05) is 123 Å². The fourth-order valence-corrected chi connectivity index (χ4v) is 17.1. The van der Waals surface area contributed by atoms with Crippen molar-refractivity contribution < 1.29 is 60.4 Å². The molecule has 127 heavy (non-hydrogen) atoms. The molecule has 19 rings (SSSR count). The zero-order chi connectivity index (χ0) is 87.3. The van der Waals surface area contributed by atoms with Crippen molar-refractivity contribution in [3.8, 4) is 102 Å². The second-order valence-electron chi connectivity index (χ2n) is 32.8. The molecule has 6 aliphatic heterocycles. The van der Waals surface area contributed by atoms with E-state index in [1.54, 1.807) is 41.8 Å². The number of hydrogen-bond acceptors (Lipinski definition) is 18. The van der Waals surface area contributed by atoms with Crippen LogP contribution >= 0.6 is 11.3 Å². The van der Waals surface area contributed by atoms with Gasteiger partial charge in [0.05, 0.1) is 17.4 Å². The Morgan fingerprint density at radius 1 is 0.315 bits per heavy atom. The lowest BCUT2D eigenvalue weighted by Gasteiger charge is -2.19. The lowest BCUT2D eigenvalue weighted by atomic mass is 10.00. The standard InChI is InChI=1S/C36H35N3O3S.2C33H32F2N4O3/c1-23-2-4-24(5-3-23)32-20-28(9-11-34(32)42-30-13-16-38-22-30)39-36(40)27-8-10-33(41-29-12-15-37-21-29)31(18-27)26-7-6-25-14-17-43-35(25)19-26;1-20-2-4-21(5-3-20)27-16-24(7-9-31(27)41-25-10-12-36-18-25)39-32(40)23-14-28(22-6-8-29(34)30(35)15-22)33(38-17-23)42-26-11-13-37-19-26;1-20-2-4-21(5-3-20)28-16-24(17-38-33(28)42-26-11-13-37-19-26)39-32(40)23-7-9-31(41-25-10-12-36-18-25)27(14-23)22-6-8-29(34)30(35)15-22/h2-11,14,17-20,29-30,37-38H,12-13,15-16,21-22H2,1H3,(H,39,40);2*2-9,14-17,25-26,36-37H,10-13,18-19H2,1H3,(H,39,40)/t29-,30-;2*25-,26-/m000/s1. The number of aryl methyl sites for hydroxylation is 3. The number of anilines is 3. The Labute approximate surface area is 739 Å².